The number of nitrogens with zero attached hydrogens (tertiary/aromatic N) is 2. The number of hydrogen-bond donors (Lipinski definition) is 2. The van der Waals surface area contributed by atoms with E-state index in [0.717, 1.165) is 33.2 Å². The van der Waals surface area contributed by atoms with E-state index in [0.29, 0.717) is 18.0 Å². The van der Waals surface area contributed by atoms with Crippen LogP contribution in [0.3, 0.4) is 0 Å². The molecule has 2 aliphatic rings. The molecule has 4 amide bonds. The van der Waals surface area contributed by atoms with Crippen molar-refractivity contribution in [3.05, 3.63) is 21.9 Å². The summed E-state index contributed by atoms with van der Waals surface area (Å²) in [7, 11) is 0. The summed E-state index contributed by atoms with van der Waals surface area (Å²) in [6.45, 7) is 5.57. The molecule has 4 rings (SSSR count). The van der Waals surface area contributed by atoms with E-state index < -0.39 is 23.5 Å². The highest BCUT2D eigenvalue weighted by Gasteiger charge is 2.54. The average Bonchev–Trinajstić information content (AvgIpc) is 3.39. The van der Waals surface area contributed by atoms with Crippen molar-refractivity contribution in [1.82, 2.24) is 15.2 Å². The summed E-state index contributed by atoms with van der Waals surface area (Å²) in [5.41, 5.74) is 0.0408. The molecule has 0 aromatic carbocycles. The van der Waals surface area contributed by atoms with Gasteiger partial charge in [0.15, 0.2) is 5.13 Å². The quantitative estimate of drug-likeness (QED) is 0.741. The summed E-state index contributed by atoms with van der Waals surface area (Å²) in [5.74, 6) is -0.705. The van der Waals surface area contributed by atoms with Crippen molar-refractivity contribution >= 4 is 45.7 Å². The Balaban J connectivity index is 1.49. The van der Waals surface area contributed by atoms with Gasteiger partial charge in [0.1, 0.15) is 11.6 Å². The molecule has 1 aliphatic carbocycles. The molecule has 1 spiro atoms. The van der Waals surface area contributed by atoms with Gasteiger partial charge in [0.05, 0.1) is 10.6 Å². The minimum absolute atomic E-state index is 0.289. The average molecular weight is 419 g/mol. The summed E-state index contributed by atoms with van der Waals surface area (Å²) in [5, 5.41) is 6.06. The number of nitrogens with one attached hydrogen (secondary N) is 2. The number of carbonyl (C=O) groups excluding carboxylic acids is 3. The first-order chi connectivity index (χ1) is 13.3. The number of aryl methyl sites for hydroxylation is 2. The van der Waals surface area contributed by atoms with Crippen LogP contribution in [0.1, 0.15) is 42.4 Å². The van der Waals surface area contributed by atoms with E-state index in [1.807, 2.05) is 26.0 Å². The number of anilines is 1. The number of urea groups is 1. The van der Waals surface area contributed by atoms with Gasteiger partial charge in [-0.05, 0) is 45.7 Å². The standard InChI is InChI=1S/C19H22N4O3S2/c1-10-6-7-13(27-10)14-12(3)28-17(20-14)21-15(24)11(2)23-16(25)19(22-18(23)26)8-4-5-9-19/h6-7,11H,4-5,8-9H2,1-3H3,(H,22,26)(H,20,21,24)/t11-/m0/s1. The molecule has 2 fully saturated rings. The SMILES string of the molecule is Cc1ccc(-c2nc(NC(=O)[C@H](C)N3C(=O)NC4(CCCC4)C3=O)sc2C)s1. The molecule has 0 radical (unpaired) electrons. The normalized spacial score (nSPS) is 19.3. The van der Waals surface area contributed by atoms with E-state index in [-0.39, 0.29) is 5.91 Å². The fourth-order valence-electron chi connectivity index (χ4n) is 3.88. The molecule has 1 aliphatic heterocycles. The first kappa shape index (κ1) is 19.1. The molecule has 2 aromatic rings. The van der Waals surface area contributed by atoms with Gasteiger partial charge in [-0.2, -0.15) is 0 Å². The van der Waals surface area contributed by atoms with Crippen LogP contribution in [0.15, 0.2) is 12.1 Å². The minimum Gasteiger partial charge on any atom is -0.323 e. The van der Waals surface area contributed by atoms with Crippen molar-refractivity contribution in [2.75, 3.05) is 5.32 Å². The number of imide groups is 1. The fraction of sp³-hybridized carbons (Fsp3) is 0.474. The van der Waals surface area contributed by atoms with E-state index in [1.54, 1.807) is 18.3 Å². The van der Waals surface area contributed by atoms with Crippen molar-refractivity contribution in [2.45, 2.75) is 58.0 Å². The van der Waals surface area contributed by atoms with Gasteiger partial charge in [-0.25, -0.2) is 14.7 Å². The summed E-state index contributed by atoms with van der Waals surface area (Å²) >= 11 is 3.04. The topological polar surface area (TPSA) is 91.4 Å². The van der Waals surface area contributed by atoms with Crippen LogP contribution in [0.5, 0.6) is 0 Å². The zero-order valence-electron chi connectivity index (χ0n) is 16.0. The van der Waals surface area contributed by atoms with E-state index in [9.17, 15) is 14.4 Å². The molecule has 3 heterocycles. The van der Waals surface area contributed by atoms with Gasteiger partial charge in [-0.1, -0.05) is 12.8 Å². The Bertz CT molecular complexity index is 958. The second-order valence-electron chi connectivity index (χ2n) is 7.39. The fourth-order valence-corrected chi connectivity index (χ4v) is 5.69. The predicted molar refractivity (Wildman–Crippen MR) is 110 cm³/mol. The highest BCUT2D eigenvalue weighted by molar-refractivity contribution is 7.18. The number of aromatic nitrogens is 1. The first-order valence-electron chi connectivity index (χ1n) is 9.32. The summed E-state index contributed by atoms with van der Waals surface area (Å²) in [6.07, 6.45) is 3.09. The monoisotopic (exact) mass is 418 g/mol. The number of thiazole rings is 1. The van der Waals surface area contributed by atoms with E-state index in [2.05, 4.69) is 15.6 Å². The van der Waals surface area contributed by atoms with Gasteiger partial charge in [0, 0.05) is 9.75 Å². The number of carbonyl (C=O) groups is 3. The van der Waals surface area contributed by atoms with E-state index >= 15 is 0 Å². The van der Waals surface area contributed by atoms with E-state index in [1.165, 1.54) is 16.2 Å². The van der Waals surface area contributed by atoms with Crippen LogP contribution >= 0.6 is 22.7 Å². The number of hydrogen-bond acceptors (Lipinski definition) is 6. The zero-order chi connectivity index (χ0) is 20.1. The zero-order valence-corrected chi connectivity index (χ0v) is 17.6. The third-order valence-electron chi connectivity index (χ3n) is 5.42. The maximum Gasteiger partial charge on any atom is 0.325 e. The van der Waals surface area contributed by atoms with Crippen LogP contribution in [0.4, 0.5) is 9.93 Å². The molecule has 28 heavy (non-hydrogen) atoms. The molecule has 0 bridgehead atoms. The molecule has 2 aromatic heterocycles. The van der Waals surface area contributed by atoms with Gasteiger partial charge < -0.3 is 10.6 Å². The molecule has 9 heteroatoms. The van der Waals surface area contributed by atoms with Crippen molar-refractivity contribution < 1.29 is 14.4 Å². The van der Waals surface area contributed by atoms with Crippen LogP contribution in [-0.2, 0) is 9.59 Å². The van der Waals surface area contributed by atoms with Crippen LogP contribution in [-0.4, -0.2) is 39.3 Å². The number of rotatable bonds is 4. The first-order valence-corrected chi connectivity index (χ1v) is 10.9. The highest BCUT2D eigenvalue weighted by Crippen LogP contribution is 2.37. The third-order valence-corrected chi connectivity index (χ3v) is 7.31. The Morgan fingerprint density at radius 1 is 1.25 bits per heavy atom. The minimum atomic E-state index is -0.899. The number of thiophene rings is 1. The van der Waals surface area contributed by atoms with Crippen molar-refractivity contribution in [3.8, 4) is 10.6 Å². The predicted octanol–water partition coefficient (Wildman–Crippen LogP) is 3.68. The third kappa shape index (κ3) is 3.12. The maximum absolute atomic E-state index is 12.8. The lowest BCUT2D eigenvalue weighted by Crippen LogP contribution is -2.48. The summed E-state index contributed by atoms with van der Waals surface area (Å²) < 4.78 is 0. The van der Waals surface area contributed by atoms with Crippen molar-refractivity contribution in [2.24, 2.45) is 0 Å². The van der Waals surface area contributed by atoms with Crippen molar-refractivity contribution in [1.29, 1.82) is 0 Å². The lowest BCUT2D eigenvalue weighted by molar-refractivity contribution is -0.136. The van der Waals surface area contributed by atoms with Crippen LogP contribution < -0.4 is 10.6 Å². The molecular formula is C19H22N4O3S2. The van der Waals surface area contributed by atoms with Gasteiger partial charge in [-0.15, -0.1) is 22.7 Å². The molecule has 7 nitrogen and oxygen atoms in total. The summed E-state index contributed by atoms with van der Waals surface area (Å²) in [6, 6.07) is 2.67. The molecule has 2 N–H and O–H groups in total. The Kier molecular flexibility index (Phi) is 4.75. The largest absolute Gasteiger partial charge is 0.325 e. The molecule has 0 unspecified atom stereocenters. The second kappa shape index (κ2) is 6.97. The van der Waals surface area contributed by atoms with Crippen LogP contribution in [0.25, 0.3) is 10.6 Å². The Morgan fingerprint density at radius 2 is 1.96 bits per heavy atom. The lowest BCUT2D eigenvalue weighted by atomic mass is 9.97. The molecule has 1 saturated heterocycles. The van der Waals surface area contributed by atoms with Crippen molar-refractivity contribution in [3.63, 3.8) is 0 Å². The summed E-state index contributed by atoms with van der Waals surface area (Å²) in [4.78, 5) is 46.8. The Labute approximate surface area is 171 Å². The van der Waals surface area contributed by atoms with Gasteiger partial charge in [0.25, 0.3) is 5.91 Å². The van der Waals surface area contributed by atoms with Crippen LogP contribution in [0, 0.1) is 13.8 Å². The Hall–Kier alpha value is -2.26. The molecular weight excluding hydrogens is 396 g/mol. The maximum atomic E-state index is 12.8. The van der Waals surface area contributed by atoms with E-state index in [4.69, 9.17) is 0 Å². The highest BCUT2D eigenvalue weighted by atomic mass is 32.1. The molecule has 148 valence electrons. The smallest absolute Gasteiger partial charge is 0.323 e. The second-order valence-corrected chi connectivity index (χ2v) is 9.88. The van der Waals surface area contributed by atoms with Crippen LogP contribution in [0.2, 0.25) is 0 Å². The lowest BCUT2D eigenvalue weighted by Gasteiger charge is -2.23. The van der Waals surface area contributed by atoms with Gasteiger partial charge >= 0.3 is 6.03 Å². The van der Waals surface area contributed by atoms with Gasteiger partial charge in [-0.3, -0.25) is 9.59 Å². The number of amides is 4. The molecule has 1 saturated carbocycles. The van der Waals surface area contributed by atoms with Gasteiger partial charge in [0.2, 0.25) is 5.91 Å². The Morgan fingerprint density at radius 3 is 2.61 bits per heavy atom. The molecule has 1 atom stereocenters.